The molecule has 1 unspecified atom stereocenters. The van der Waals surface area contributed by atoms with Crippen LogP contribution in [0.4, 0.5) is 4.79 Å². The van der Waals surface area contributed by atoms with Crippen LogP contribution in [0.1, 0.15) is 39.5 Å². The van der Waals surface area contributed by atoms with Crippen molar-refractivity contribution in [1.29, 1.82) is 0 Å². The summed E-state index contributed by atoms with van der Waals surface area (Å²) < 4.78 is 5.10. The van der Waals surface area contributed by atoms with E-state index < -0.39 is 11.9 Å². The summed E-state index contributed by atoms with van der Waals surface area (Å²) in [6.45, 7) is 6.15. The Labute approximate surface area is 127 Å². The summed E-state index contributed by atoms with van der Waals surface area (Å²) in [7, 11) is 1.62. The molecule has 0 spiro atoms. The second-order valence-electron chi connectivity index (χ2n) is 5.56. The minimum absolute atomic E-state index is 0.0494. The summed E-state index contributed by atoms with van der Waals surface area (Å²) >= 11 is 0. The summed E-state index contributed by atoms with van der Waals surface area (Å²) in [5.74, 6) is -1.24. The number of ether oxygens (including phenoxy) is 1. The predicted octanol–water partition coefficient (Wildman–Crippen LogP) is 2.04. The molecule has 1 aliphatic rings. The molecule has 1 atom stereocenters. The van der Waals surface area contributed by atoms with Gasteiger partial charge < -0.3 is 19.6 Å². The number of rotatable bonds is 7. The van der Waals surface area contributed by atoms with Gasteiger partial charge in [0.1, 0.15) is 0 Å². The zero-order chi connectivity index (χ0) is 15.8. The average Bonchev–Trinajstić information content (AvgIpc) is 2.51. The van der Waals surface area contributed by atoms with Crippen molar-refractivity contribution in [2.75, 3.05) is 33.4 Å². The minimum Gasteiger partial charge on any atom is -0.481 e. The number of hydrogen-bond acceptors (Lipinski definition) is 3. The van der Waals surface area contributed by atoms with E-state index in [-0.39, 0.29) is 12.1 Å². The van der Waals surface area contributed by atoms with E-state index in [1.54, 1.807) is 12.0 Å². The normalized spacial score (nSPS) is 18.9. The molecule has 0 aromatic rings. The van der Waals surface area contributed by atoms with Gasteiger partial charge in [-0.25, -0.2) is 4.79 Å². The molecule has 1 N–H and O–H groups in total. The highest BCUT2D eigenvalue weighted by atomic mass is 16.5. The number of aliphatic carboxylic acids is 1. The van der Waals surface area contributed by atoms with Gasteiger partial charge in [-0.05, 0) is 25.7 Å². The zero-order valence-corrected chi connectivity index (χ0v) is 13.4. The minimum atomic E-state index is -0.807. The molecule has 1 fully saturated rings. The summed E-state index contributed by atoms with van der Waals surface area (Å²) in [6, 6.07) is 0.129. The van der Waals surface area contributed by atoms with E-state index in [2.05, 4.69) is 13.8 Å². The van der Waals surface area contributed by atoms with Crippen molar-refractivity contribution in [3.63, 3.8) is 0 Å². The van der Waals surface area contributed by atoms with E-state index in [0.29, 0.717) is 32.7 Å². The number of hydrogen-bond donors (Lipinski definition) is 1. The van der Waals surface area contributed by atoms with E-state index in [1.807, 2.05) is 4.90 Å². The van der Waals surface area contributed by atoms with Crippen molar-refractivity contribution < 1.29 is 19.4 Å². The molecule has 6 heteroatoms. The van der Waals surface area contributed by atoms with Crippen molar-refractivity contribution in [2.24, 2.45) is 5.92 Å². The number of likely N-dealkylation sites (tertiary alicyclic amines) is 1. The lowest BCUT2D eigenvalue weighted by Crippen LogP contribution is -2.52. The first-order valence-corrected chi connectivity index (χ1v) is 7.82. The van der Waals surface area contributed by atoms with Gasteiger partial charge in [0.25, 0.3) is 0 Å². The van der Waals surface area contributed by atoms with Crippen LogP contribution in [-0.4, -0.2) is 66.3 Å². The molecule has 2 amide bonds. The molecule has 0 aliphatic carbocycles. The number of nitrogens with zero attached hydrogens (tertiary/aromatic N) is 2. The maximum Gasteiger partial charge on any atom is 0.320 e. The van der Waals surface area contributed by atoms with Crippen molar-refractivity contribution in [3.8, 4) is 0 Å². The number of carbonyl (C=O) groups excluding carboxylic acids is 1. The van der Waals surface area contributed by atoms with E-state index in [4.69, 9.17) is 9.84 Å². The third-order valence-electron chi connectivity index (χ3n) is 4.21. The highest BCUT2D eigenvalue weighted by Gasteiger charge is 2.32. The van der Waals surface area contributed by atoms with Crippen molar-refractivity contribution in [2.45, 2.75) is 45.6 Å². The highest BCUT2D eigenvalue weighted by molar-refractivity contribution is 5.77. The molecule has 1 rings (SSSR count). The third kappa shape index (κ3) is 4.88. The second kappa shape index (κ2) is 8.87. The highest BCUT2D eigenvalue weighted by Crippen LogP contribution is 2.20. The largest absolute Gasteiger partial charge is 0.481 e. The standard InChI is InChI=1S/C15H28N2O4/c1-4-13(5-2)17(9-10-21-3)15(20)16-8-6-7-12(11-16)14(18)19/h12-13H,4-11H2,1-3H3,(H,18,19). The summed E-state index contributed by atoms with van der Waals surface area (Å²) in [6.07, 6.45) is 3.19. The lowest BCUT2D eigenvalue weighted by atomic mass is 9.98. The maximum absolute atomic E-state index is 12.7. The zero-order valence-electron chi connectivity index (χ0n) is 13.4. The Morgan fingerprint density at radius 2 is 2.05 bits per heavy atom. The van der Waals surface area contributed by atoms with Gasteiger partial charge in [-0.3, -0.25) is 4.79 Å². The topological polar surface area (TPSA) is 70.1 Å². The van der Waals surface area contributed by atoms with Gasteiger partial charge in [0.2, 0.25) is 0 Å². The first-order valence-electron chi connectivity index (χ1n) is 7.82. The summed E-state index contributed by atoms with van der Waals surface area (Å²) in [4.78, 5) is 27.4. The Morgan fingerprint density at radius 3 is 2.57 bits per heavy atom. The predicted molar refractivity (Wildman–Crippen MR) is 80.3 cm³/mol. The smallest absolute Gasteiger partial charge is 0.320 e. The summed E-state index contributed by atoms with van der Waals surface area (Å²) in [5.41, 5.74) is 0. The van der Waals surface area contributed by atoms with Crippen LogP contribution in [0.25, 0.3) is 0 Å². The molecule has 0 bridgehead atoms. The molecule has 122 valence electrons. The number of piperidine rings is 1. The van der Waals surface area contributed by atoms with Gasteiger partial charge in [-0.2, -0.15) is 0 Å². The number of carboxylic acid groups (broad SMARTS) is 1. The fourth-order valence-corrected chi connectivity index (χ4v) is 2.89. The van der Waals surface area contributed by atoms with Crippen molar-refractivity contribution in [3.05, 3.63) is 0 Å². The second-order valence-corrected chi connectivity index (χ2v) is 5.56. The molecule has 0 radical (unpaired) electrons. The van der Waals surface area contributed by atoms with Crippen molar-refractivity contribution >= 4 is 12.0 Å². The monoisotopic (exact) mass is 300 g/mol. The number of amides is 2. The van der Waals surface area contributed by atoms with E-state index >= 15 is 0 Å². The SMILES string of the molecule is CCC(CC)N(CCOC)C(=O)N1CCCC(C(=O)O)C1. The fraction of sp³-hybridized carbons (Fsp3) is 0.867. The fourth-order valence-electron chi connectivity index (χ4n) is 2.89. The van der Waals surface area contributed by atoms with Gasteiger partial charge in [0, 0.05) is 32.8 Å². The van der Waals surface area contributed by atoms with Gasteiger partial charge in [-0.15, -0.1) is 0 Å². The lowest BCUT2D eigenvalue weighted by Gasteiger charge is -2.38. The van der Waals surface area contributed by atoms with Crippen LogP contribution < -0.4 is 0 Å². The Morgan fingerprint density at radius 1 is 1.38 bits per heavy atom. The quantitative estimate of drug-likeness (QED) is 0.781. The number of carbonyl (C=O) groups is 2. The molecular formula is C15H28N2O4. The van der Waals surface area contributed by atoms with Gasteiger partial charge in [-0.1, -0.05) is 13.8 Å². The number of carboxylic acids is 1. The molecule has 1 heterocycles. The van der Waals surface area contributed by atoms with Crippen LogP contribution in [0.15, 0.2) is 0 Å². The van der Waals surface area contributed by atoms with Crippen LogP contribution in [0.3, 0.4) is 0 Å². The Hall–Kier alpha value is -1.30. The first-order chi connectivity index (χ1) is 10.0. The van der Waals surface area contributed by atoms with Gasteiger partial charge >= 0.3 is 12.0 Å². The molecule has 0 aromatic carbocycles. The van der Waals surface area contributed by atoms with Crippen molar-refractivity contribution in [1.82, 2.24) is 9.80 Å². The Bertz CT molecular complexity index is 345. The molecule has 1 aliphatic heterocycles. The molecule has 6 nitrogen and oxygen atoms in total. The van der Waals surface area contributed by atoms with Gasteiger partial charge in [0.05, 0.1) is 12.5 Å². The third-order valence-corrected chi connectivity index (χ3v) is 4.21. The molecule has 21 heavy (non-hydrogen) atoms. The van der Waals surface area contributed by atoms with E-state index in [9.17, 15) is 9.59 Å². The Kier molecular flexibility index (Phi) is 7.50. The van der Waals surface area contributed by atoms with E-state index in [1.165, 1.54) is 0 Å². The van der Waals surface area contributed by atoms with Gasteiger partial charge in [0.15, 0.2) is 0 Å². The molecular weight excluding hydrogens is 272 g/mol. The first kappa shape index (κ1) is 17.8. The number of urea groups is 1. The maximum atomic E-state index is 12.7. The van der Waals surface area contributed by atoms with Crippen LogP contribution >= 0.6 is 0 Å². The molecule has 0 saturated carbocycles. The van der Waals surface area contributed by atoms with Crippen LogP contribution in [0, 0.1) is 5.92 Å². The van der Waals surface area contributed by atoms with Crippen LogP contribution in [0.5, 0.6) is 0 Å². The molecule has 0 aromatic heterocycles. The number of methoxy groups -OCH3 is 1. The van der Waals surface area contributed by atoms with Crippen LogP contribution in [-0.2, 0) is 9.53 Å². The van der Waals surface area contributed by atoms with E-state index in [0.717, 1.165) is 19.3 Å². The average molecular weight is 300 g/mol. The lowest BCUT2D eigenvalue weighted by molar-refractivity contribution is -0.143. The summed E-state index contributed by atoms with van der Waals surface area (Å²) in [5, 5.41) is 9.15. The Balaban J connectivity index is 2.75. The van der Waals surface area contributed by atoms with Crippen LogP contribution in [0.2, 0.25) is 0 Å². The molecule has 1 saturated heterocycles.